The zero-order chi connectivity index (χ0) is 20.3. The number of halogens is 2. The van der Waals surface area contributed by atoms with Crippen LogP contribution in [0.4, 0.5) is 5.69 Å². The van der Waals surface area contributed by atoms with Crippen LogP contribution in [0.2, 0.25) is 10.0 Å². The Bertz CT molecular complexity index is 944. The third-order valence-corrected chi connectivity index (χ3v) is 7.17. The van der Waals surface area contributed by atoms with Crippen molar-refractivity contribution in [1.82, 2.24) is 4.31 Å². The molecule has 28 heavy (non-hydrogen) atoms. The lowest BCUT2D eigenvalue weighted by Gasteiger charge is -2.31. The lowest BCUT2D eigenvalue weighted by atomic mass is 9.98. The number of rotatable bonds is 5. The average Bonchev–Trinajstić information content (AvgIpc) is 2.71. The van der Waals surface area contributed by atoms with Gasteiger partial charge in [-0.2, -0.15) is 4.31 Å². The van der Waals surface area contributed by atoms with Gasteiger partial charge in [-0.3, -0.25) is 4.79 Å². The van der Waals surface area contributed by atoms with Crippen LogP contribution in [0, 0.1) is 5.92 Å². The van der Waals surface area contributed by atoms with E-state index in [0.717, 1.165) is 0 Å². The predicted molar refractivity (Wildman–Crippen MR) is 110 cm³/mol. The van der Waals surface area contributed by atoms with Crippen molar-refractivity contribution in [3.05, 3.63) is 52.5 Å². The number of amides is 1. The number of hydrogen-bond acceptors (Lipinski definition) is 4. The number of carbonyl (C=O) groups excluding carboxylic acids is 1. The van der Waals surface area contributed by atoms with E-state index >= 15 is 0 Å². The number of nitrogens with one attached hydrogen (secondary N) is 1. The number of carbonyl (C=O) groups is 1. The van der Waals surface area contributed by atoms with Crippen LogP contribution in [-0.4, -0.2) is 38.8 Å². The van der Waals surface area contributed by atoms with Crippen LogP contribution in [0.5, 0.6) is 5.75 Å². The molecule has 0 saturated carbocycles. The van der Waals surface area contributed by atoms with Crippen molar-refractivity contribution < 1.29 is 17.9 Å². The maximum atomic E-state index is 12.9. The number of benzene rings is 2. The van der Waals surface area contributed by atoms with Crippen molar-refractivity contribution in [2.24, 2.45) is 5.92 Å². The Hall–Kier alpha value is -1.80. The minimum atomic E-state index is -3.70. The smallest absolute Gasteiger partial charge is 0.243 e. The number of anilines is 1. The van der Waals surface area contributed by atoms with Gasteiger partial charge in [0.2, 0.25) is 15.9 Å². The molecule has 0 spiro atoms. The quantitative estimate of drug-likeness (QED) is 0.757. The molecule has 3 rings (SSSR count). The zero-order valence-corrected chi connectivity index (χ0v) is 17.5. The summed E-state index contributed by atoms with van der Waals surface area (Å²) in [6, 6.07) is 11.1. The number of piperidine rings is 1. The summed E-state index contributed by atoms with van der Waals surface area (Å²) in [5.41, 5.74) is 0.339. The van der Waals surface area contributed by atoms with Crippen molar-refractivity contribution in [1.29, 1.82) is 0 Å². The summed E-state index contributed by atoms with van der Waals surface area (Å²) in [4.78, 5) is 12.9. The van der Waals surface area contributed by atoms with E-state index in [-0.39, 0.29) is 17.3 Å². The molecule has 2 aromatic carbocycles. The van der Waals surface area contributed by atoms with Crippen LogP contribution in [0.3, 0.4) is 0 Å². The molecule has 0 aliphatic carbocycles. The molecular weight excluding hydrogens is 423 g/mol. The second-order valence-electron chi connectivity index (χ2n) is 6.46. The Morgan fingerprint density at radius 3 is 2.39 bits per heavy atom. The molecule has 9 heteroatoms. The van der Waals surface area contributed by atoms with Crippen LogP contribution in [0.15, 0.2) is 47.4 Å². The van der Waals surface area contributed by atoms with E-state index in [1.807, 2.05) is 0 Å². The van der Waals surface area contributed by atoms with E-state index in [1.165, 1.54) is 23.5 Å². The largest absolute Gasteiger partial charge is 0.497 e. The van der Waals surface area contributed by atoms with Gasteiger partial charge >= 0.3 is 0 Å². The molecule has 1 unspecified atom stereocenters. The van der Waals surface area contributed by atoms with Gasteiger partial charge in [0.05, 0.1) is 33.7 Å². The highest BCUT2D eigenvalue weighted by Crippen LogP contribution is 2.31. The van der Waals surface area contributed by atoms with Gasteiger partial charge in [0, 0.05) is 13.1 Å². The molecule has 1 saturated heterocycles. The third kappa shape index (κ3) is 4.43. The first-order chi connectivity index (χ1) is 13.3. The molecule has 150 valence electrons. The Kier molecular flexibility index (Phi) is 6.50. The molecular formula is C19H20Cl2N2O4S. The van der Waals surface area contributed by atoms with Gasteiger partial charge in [0.25, 0.3) is 0 Å². The SMILES string of the molecule is COc1ccc(S(=O)(=O)N2CCCC(C(=O)Nc3c(Cl)cccc3Cl)C2)cc1. The minimum absolute atomic E-state index is 0.0995. The monoisotopic (exact) mass is 442 g/mol. The topological polar surface area (TPSA) is 75.7 Å². The molecule has 6 nitrogen and oxygen atoms in total. The van der Waals surface area contributed by atoms with Crippen LogP contribution >= 0.6 is 23.2 Å². The molecule has 0 aromatic heterocycles. The number of nitrogens with zero attached hydrogens (tertiary/aromatic N) is 1. The number of para-hydroxylation sites is 1. The molecule has 2 aromatic rings. The summed E-state index contributed by atoms with van der Waals surface area (Å²) in [5.74, 6) is -0.217. The van der Waals surface area contributed by atoms with Gasteiger partial charge in [-0.1, -0.05) is 29.3 Å². The number of ether oxygens (including phenoxy) is 1. The number of methoxy groups -OCH3 is 1. The van der Waals surface area contributed by atoms with E-state index in [4.69, 9.17) is 27.9 Å². The van der Waals surface area contributed by atoms with Gasteiger partial charge in [0.1, 0.15) is 5.75 Å². The van der Waals surface area contributed by atoms with Crippen LogP contribution in [0.1, 0.15) is 12.8 Å². The Labute approximate surface area is 174 Å². The van der Waals surface area contributed by atoms with Crippen molar-refractivity contribution in [2.75, 3.05) is 25.5 Å². The average molecular weight is 443 g/mol. The van der Waals surface area contributed by atoms with Gasteiger partial charge in [-0.25, -0.2) is 8.42 Å². The molecule has 1 fully saturated rings. The Morgan fingerprint density at radius 1 is 1.14 bits per heavy atom. The first-order valence-corrected chi connectivity index (χ1v) is 10.9. The highest BCUT2D eigenvalue weighted by Gasteiger charge is 2.33. The summed E-state index contributed by atoms with van der Waals surface area (Å²) < 4.78 is 32.3. The molecule has 0 bridgehead atoms. The fourth-order valence-electron chi connectivity index (χ4n) is 3.11. The second kappa shape index (κ2) is 8.69. The van der Waals surface area contributed by atoms with Crippen LogP contribution < -0.4 is 10.1 Å². The summed E-state index contributed by atoms with van der Waals surface area (Å²) >= 11 is 12.2. The van der Waals surface area contributed by atoms with E-state index in [2.05, 4.69) is 5.32 Å². The molecule has 1 amide bonds. The predicted octanol–water partition coefficient (Wildman–Crippen LogP) is 4.04. The lowest BCUT2D eigenvalue weighted by Crippen LogP contribution is -2.43. The van der Waals surface area contributed by atoms with E-state index in [1.54, 1.807) is 30.3 Å². The maximum Gasteiger partial charge on any atom is 0.243 e. The second-order valence-corrected chi connectivity index (χ2v) is 9.22. The van der Waals surface area contributed by atoms with Crippen molar-refractivity contribution in [3.63, 3.8) is 0 Å². The number of sulfonamides is 1. The van der Waals surface area contributed by atoms with Crippen LogP contribution in [-0.2, 0) is 14.8 Å². The zero-order valence-electron chi connectivity index (χ0n) is 15.2. The van der Waals surface area contributed by atoms with E-state index in [9.17, 15) is 13.2 Å². The van der Waals surface area contributed by atoms with E-state index < -0.39 is 15.9 Å². The van der Waals surface area contributed by atoms with Crippen molar-refractivity contribution in [3.8, 4) is 5.75 Å². The van der Waals surface area contributed by atoms with Crippen molar-refractivity contribution in [2.45, 2.75) is 17.7 Å². The highest BCUT2D eigenvalue weighted by molar-refractivity contribution is 7.89. The molecule has 0 radical (unpaired) electrons. The van der Waals surface area contributed by atoms with Gasteiger partial charge in [0.15, 0.2) is 0 Å². The summed E-state index contributed by atoms with van der Waals surface area (Å²) in [7, 11) is -2.18. The maximum absolute atomic E-state index is 12.9. The normalized spacial score (nSPS) is 17.9. The highest BCUT2D eigenvalue weighted by atomic mass is 35.5. The molecule has 1 aliphatic heterocycles. The van der Waals surface area contributed by atoms with E-state index in [0.29, 0.717) is 40.9 Å². The minimum Gasteiger partial charge on any atom is -0.497 e. The van der Waals surface area contributed by atoms with Crippen LogP contribution in [0.25, 0.3) is 0 Å². The molecule has 1 atom stereocenters. The molecule has 1 heterocycles. The van der Waals surface area contributed by atoms with Gasteiger partial charge in [-0.15, -0.1) is 0 Å². The fourth-order valence-corrected chi connectivity index (χ4v) is 5.13. The lowest BCUT2D eigenvalue weighted by molar-refractivity contribution is -0.120. The third-order valence-electron chi connectivity index (χ3n) is 4.66. The summed E-state index contributed by atoms with van der Waals surface area (Å²) in [6.07, 6.45) is 1.17. The van der Waals surface area contributed by atoms with Crippen molar-refractivity contribution >= 4 is 44.8 Å². The molecule has 1 N–H and O–H groups in total. The standard InChI is InChI=1S/C19H20Cl2N2O4S/c1-27-14-7-9-15(10-8-14)28(25,26)23-11-3-4-13(12-23)19(24)22-18-16(20)5-2-6-17(18)21/h2,5-10,13H,3-4,11-12H2,1H3,(H,22,24). The Balaban J connectivity index is 1.75. The summed E-state index contributed by atoms with van der Waals surface area (Å²) in [5, 5.41) is 3.40. The first kappa shape index (κ1) is 20.9. The fraction of sp³-hybridized carbons (Fsp3) is 0.316. The number of hydrogen-bond donors (Lipinski definition) is 1. The van der Waals surface area contributed by atoms with Gasteiger partial charge in [-0.05, 0) is 49.2 Å². The summed E-state index contributed by atoms with van der Waals surface area (Å²) in [6.45, 7) is 0.466. The van der Waals surface area contributed by atoms with Gasteiger partial charge < -0.3 is 10.1 Å². The Morgan fingerprint density at radius 2 is 1.79 bits per heavy atom. The first-order valence-electron chi connectivity index (χ1n) is 8.72. The molecule has 1 aliphatic rings.